The van der Waals surface area contributed by atoms with Crippen LogP contribution < -0.4 is 19.7 Å². The Hall–Kier alpha value is -2.50. The van der Waals surface area contributed by atoms with Gasteiger partial charge >= 0.3 is 0 Å². The molecule has 1 saturated heterocycles. The minimum atomic E-state index is 0.741. The average molecular weight is 314 g/mol. The number of ether oxygens (including phenoxy) is 2. The molecule has 0 aliphatic carbocycles. The lowest BCUT2D eigenvalue weighted by Crippen LogP contribution is -2.21. The van der Waals surface area contributed by atoms with Crippen molar-refractivity contribution >= 4 is 17.5 Å². The number of anilines is 3. The first kappa shape index (κ1) is 15.4. The van der Waals surface area contributed by atoms with E-state index in [4.69, 9.17) is 9.47 Å². The van der Waals surface area contributed by atoms with Crippen LogP contribution in [0, 0.1) is 6.92 Å². The van der Waals surface area contributed by atoms with E-state index < -0.39 is 0 Å². The molecule has 23 heavy (non-hydrogen) atoms. The van der Waals surface area contributed by atoms with E-state index in [1.807, 2.05) is 31.2 Å². The summed E-state index contributed by atoms with van der Waals surface area (Å²) in [4.78, 5) is 11.4. The Morgan fingerprint density at radius 3 is 2.52 bits per heavy atom. The molecule has 2 aromatic rings. The van der Waals surface area contributed by atoms with Crippen molar-refractivity contribution in [2.24, 2.45) is 0 Å². The Kier molecular flexibility index (Phi) is 4.50. The van der Waals surface area contributed by atoms with Crippen LogP contribution in [0.2, 0.25) is 0 Å². The van der Waals surface area contributed by atoms with Crippen LogP contribution in [-0.4, -0.2) is 37.3 Å². The number of nitrogens with zero attached hydrogens (tertiary/aromatic N) is 3. The first-order valence-corrected chi connectivity index (χ1v) is 7.79. The molecular weight excluding hydrogens is 292 g/mol. The minimum Gasteiger partial charge on any atom is -0.497 e. The van der Waals surface area contributed by atoms with Crippen molar-refractivity contribution in [3.05, 3.63) is 30.0 Å². The number of methoxy groups -OCH3 is 2. The van der Waals surface area contributed by atoms with Gasteiger partial charge in [0, 0.05) is 30.9 Å². The summed E-state index contributed by atoms with van der Waals surface area (Å²) < 4.78 is 10.7. The van der Waals surface area contributed by atoms with Crippen LogP contribution >= 0.6 is 0 Å². The minimum absolute atomic E-state index is 0.741. The maximum Gasteiger partial charge on any atom is 0.227 e. The molecule has 122 valence electrons. The number of nitrogens with one attached hydrogen (secondary N) is 1. The maximum atomic E-state index is 5.41. The maximum absolute atomic E-state index is 5.41. The molecule has 0 atom stereocenters. The predicted molar refractivity (Wildman–Crippen MR) is 91.0 cm³/mol. The molecule has 1 aliphatic rings. The molecule has 3 rings (SSSR count). The van der Waals surface area contributed by atoms with Crippen molar-refractivity contribution in [3.8, 4) is 11.5 Å². The van der Waals surface area contributed by atoms with Crippen LogP contribution in [0.3, 0.4) is 0 Å². The predicted octanol–water partition coefficient (Wildman–Crippen LogP) is 3.15. The highest BCUT2D eigenvalue weighted by Crippen LogP contribution is 2.31. The van der Waals surface area contributed by atoms with Gasteiger partial charge in [-0.15, -0.1) is 0 Å². The van der Waals surface area contributed by atoms with Crippen molar-refractivity contribution in [2.75, 3.05) is 37.5 Å². The zero-order valence-corrected chi connectivity index (χ0v) is 13.8. The number of hydrogen-bond acceptors (Lipinski definition) is 6. The van der Waals surface area contributed by atoms with E-state index in [2.05, 4.69) is 20.2 Å². The van der Waals surface area contributed by atoms with Gasteiger partial charge in [-0.25, -0.2) is 4.98 Å². The van der Waals surface area contributed by atoms with Crippen LogP contribution in [-0.2, 0) is 0 Å². The first-order valence-electron chi connectivity index (χ1n) is 7.79. The molecule has 6 heteroatoms. The summed E-state index contributed by atoms with van der Waals surface area (Å²) >= 11 is 0. The van der Waals surface area contributed by atoms with E-state index in [1.165, 1.54) is 12.8 Å². The summed E-state index contributed by atoms with van der Waals surface area (Å²) in [6.07, 6.45) is 2.40. The van der Waals surface area contributed by atoms with Gasteiger partial charge < -0.3 is 19.7 Å². The lowest BCUT2D eigenvalue weighted by atomic mass is 10.2. The van der Waals surface area contributed by atoms with Crippen molar-refractivity contribution in [1.82, 2.24) is 9.97 Å². The Morgan fingerprint density at radius 1 is 1.04 bits per heavy atom. The second kappa shape index (κ2) is 6.73. The fourth-order valence-electron chi connectivity index (χ4n) is 2.73. The summed E-state index contributed by atoms with van der Waals surface area (Å²) in [5.41, 5.74) is 1.75. The third-order valence-corrected chi connectivity index (χ3v) is 3.90. The zero-order valence-electron chi connectivity index (χ0n) is 13.8. The van der Waals surface area contributed by atoms with Gasteiger partial charge in [-0.2, -0.15) is 4.98 Å². The molecule has 0 saturated carbocycles. The zero-order chi connectivity index (χ0) is 16.2. The third kappa shape index (κ3) is 3.47. The Bertz CT molecular complexity index is 684. The molecule has 0 radical (unpaired) electrons. The van der Waals surface area contributed by atoms with Gasteiger partial charge in [0.05, 0.1) is 19.9 Å². The van der Waals surface area contributed by atoms with E-state index in [9.17, 15) is 0 Å². The topological polar surface area (TPSA) is 59.5 Å². The molecule has 1 aromatic heterocycles. The molecule has 1 fully saturated rings. The number of aryl methyl sites for hydroxylation is 1. The summed E-state index contributed by atoms with van der Waals surface area (Å²) in [7, 11) is 3.29. The Labute approximate surface area is 136 Å². The van der Waals surface area contributed by atoms with Crippen LogP contribution in [0.5, 0.6) is 11.5 Å². The highest BCUT2D eigenvalue weighted by molar-refractivity contribution is 5.67. The molecule has 2 heterocycles. The lowest BCUT2D eigenvalue weighted by Gasteiger charge is -2.17. The van der Waals surface area contributed by atoms with Crippen molar-refractivity contribution in [1.29, 1.82) is 0 Å². The van der Waals surface area contributed by atoms with E-state index in [1.54, 1.807) is 14.2 Å². The van der Waals surface area contributed by atoms with Gasteiger partial charge in [-0.05, 0) is 31.9 Å². The summed E-state index contributed by atoms with van der Waals surface area (Å²) in [6, 6.07) is 7.56. The highest BCUT2D eigenvalue weighted by atomic mass is 16.5. The molecule has 6 nitrogen and oxygen atoms in total. The largest absolute Gasteiger partial charge is 0.497 e. The van der Waals surface area contributed by atoms with Crippen molar-refractivity contribution in [3.63, 3.8) is 0 Å². The number of rotatable bonds is 5. The third-order valence-electron chi connectivity index (χ3n) is 3.90. The molecule has 0 unspecified atom stereocenters. The van der Waals surface area contributed by atoms with Crippen molar-refractivity contribution in [2.45, 2.75) is 19.8 Å². The van der Waals surface area contributed by atoms with Gasteiger partial charge in [0.1, 0.15) is 17.3 Å². The van der Waals surface area contributed by atoms with Gasteiger partial charge in [-0.3, -0.25) is 0 Å². The van der Waals surface area contributed by atoms with Crippen molar-refractivity contribution < 1.29 is 9.47 Å². The lowest BCUT2D eigenvalue weighted by molar-refractivity contribution is 0.405. The standard InChI is InChI=1S/C17H22N4O2/c1-12-10-16(20-17(18-12)21-8-4-5-9-21)19-14-11-13(22-2)6-7-15(14)23-3/h6-7,10-11H,4-5,8-9H2,1-3H3,(H,18,19,20). The van der Waals surface area contributed by atoms with Gasteiger partial charge in [0.15, 0.2) is 0 Å². The van der Waals surface area contributed by atoms with E-state index in [0.29, 0.717) is 0 Å². The van der Waals surface area contributed by atoms with Crippen LogP contribution in [0.4, 0.5) is 17.5 Å². The van der Waals surface area contributed by atoms with E-state index in [0.717, 1.165) is 47.7 Å². The molecule has 1 aliphatic heterocycles. The van der Waals surface area contributed by atoms with E-state index in [-0.39, 0.29) is 0 Å². The molecular formula is C17H22N4O2. The van der Waals surface area contributed by atoms with Gasteiger partial charge in [0.25, 0.3) is 0 Å². The number of aromatic nitrogens is 2. The smallest absolute Gasteiger partial charge is 0.227 e. The summed E-state index contributed by atoms with van der Waals surface area (Å²) in [6.45, 7) is 4.02. The average Bonchev–Trinajstić information content (AvgIpc) is 3.08. The Morgan fingerprint density at radius 2 is 1.83 bits per heavy atom. The summed E-state index contributed by atoms with van der Waals surface area (Å²) in [5.74, 6) is 3.04. The highest BCUT2D eigenvalue weighted by Gasteiger charge is 2.16. The fraction of sp³-hybridized carbons (Fsp3) is 0.412. The quantitative estimate of drug-likeness (QED) is 0.915. The second-order valence-electron chi connectivity index (χ2n) is 5.58. The van der Waals surface area contributed by atoms with Gasteiger partial charge in [0.2, 0.25) is 5.95 Å². The normalized spacial score (nSPS) is 14.0. The number of benzene rings is 1. The van der Waals surface area contributed by atoms with E-state index >= 15 is 0 Å². The molecule has 1 N–H and O–H groups in total. The SMILES string of the molecule is COc1ccc(OC)c(Nc2cc(C)nc(N3CCCC3)n2)c1. The number of hydrogen-bond donors (Lipinski definition) is 1. The molecule has 0 amide bonds. The molecule has 0 spiro atoms. The van der Waals surface area contributed by atoms with Gasteiger partial charge in [-0.1, -0.05) is 0 Å². The fourth-order valence-corrected chi connectivity index (χ4v) is 2.73. The van der Waals surface area contributed by atoms with Crippen LogP contribution in [0.1, 0.15) is 18.5 Å². The van der Waals surface area contributed by atoms with Crippen LogP contribution in [0.25, 0.3) is 0 Å². The molecule has 0 bridgehead atoms. The Balaban J connectivity index is 1.90. The second-order valence-corrected chi connectivity index (χ2v) is 5.58. The summed E-state index contributed by atoms with van der Waals surface area (Å²) in [5, 5.41) is 3.32. The molecule has 1 aromatic carbocycles. The monoisotopic (exact) mass is 314 g/mol. The van der Waals surface area contributed by atoms with Crippen LogP contribution in [0.15, 0.2) is 24.3 Å². The first-order chi connectivity index (χ1) is 11.2.